The molecule has 25 heavy (non-hydrogen) atoms. The van der Waals surface area contributed by atoms with Gasteiger partial charge in [-0.2, -0.15) is 9.97 Å². The molecule has 0 radical (unpaired) electrons. The van der Waals surface area contributed by atoms with Crippen molar-refractivity contribution in [1.29, 1.82) is 0 Å². The molecule has 0 bridgehead atoms. The topological polar surface area (TPSA) is 184 Å². The van der Waals surface area contributed by atoms with Crippen molar-refractivity contribution in [2.24, 2.45) is 0 Å². The van der Waals surface area contributed by atoms with E-state index in [1.165, 1.54) is 18.0 Å². The number of aliphatic hydroxyl groups is 1. The van der Waals surface area contributed by atoms with Crippen molar-refractivity contribution in [1.82, 2.24) is 19.5 Å². The van der Waals surface area contributed by atoms with E-state index in [1.807, 2.05) is 0 Å². The highest BCUT2D eigenvalue weighted by Crippen LogP contribution is 2.39. The van der Waals surface area contributed by atoms with Crippen LogP contribution in [0.5, 0.6) is 0 Å². The largest absolute Gasteiger partial charge is 0.387 e. The summed E-state index contributed by atoms with van der Waals surface area (Å²) in [5.41, 5.74) is 12.0. The molecule has 14 heteroatoms. The van der Waals surface area contributed by atoms with Crippen LogP contribution in [0, 0.1) is 0 Å². The van der Waals surface area contributed by atoms with Crippen LogP contribution in [0.1, 0.15) is 6.23 Å². The molecule has 0 aromatic carbocycles. The molecule has 0 saturated carbocycles. The molecule has 1 aliphatic heterocycles. The lowest BCUT2D eigenvalue weighted by Gasteiger charge is -2.19. The Kier molecular flexibility index (Phi) is 4.92. The van der Waals surface area contributed by atoms with Gasteiger partial charge in [-0.05, 0) is 11.8 Å². The zero-order valence-electron chi connectivity index (χ0n) is 13.0. The second kappa shape index (κ2) is 6.70. The summed E-state index contributed by atoms with van der Waals surface area (Å²) in [6.45, 7) is -4.20. The summed E-state index contributed by atoms with van der Waals surface area (Å²) in [6, 6.07) is 0. The van der Waals surface area contributed by atoms with Gasteiger partial charge in [-0.25, -0.2) is 4.98 Å². The minimum atomic E-state index is -3.88. The molecule has 4 atom stereocenters. The van der Waals surface area contributed by atoms with Gasteiger partial charge < -0.3 is 40.4 Å². The average Bonchev–Trinajstić information content (AvgIpc) is 3.05. The van der Waals surface area contributed by atoms with Crippen molar-refractivity contribution in [3.05, 3.63) is 6.33 Å². The van der Waals surface area contributed by atoms with E-state index in [0.29, 0.717) is 11.2 Å². The van der Waals surface area contributed by atoms with Crippen LogP contribution in [0.2, 0.25) is 0 Å². The number of nitrogen functional groups attached to an aromatic ring is 2. The first-order valence-corrected chi connectivity index (χ1v) is 9.65. The van der Waals surface area contributed by atoms with Gasteiger partial charge in [0.1, 0.15) is 23.8 Å². The van der Waals surface area contributed by atoms with Crippen LogP contribution in [0.4, 0.5) is 11.8 Å². The Morgan fingerprint density at radius 2 is 2.12 bits per heavy atom. The fourth-order valence-corrected chi connectivity index (χ4v) is 3.17. The molecule has 2 aromatic rings. The Balaban J connectivity index is 1.92. The van der Waals surface area contributed by atoms with Crippen LogP contribution in [-0.2, 0) is 25.8 Å². The zero-order chi connectivity index (χ0) is 18.4. The molecule has 0 amide bonds. The van der Waals surface area contributed by atoms with E-state index in [4.69, 9.17) is 25.5 Å². The number of aliphatic hydroxyl groups excluding tert-OH is 1. The normalized spacial score (nSPS) is 27.2. The van der Waals surface area contributed by atoms with Gasteiger partial charge in [0, 0.05) is 7.11 Å². The number of aromatic nitrogens is 4. The summed E-state index contributed by atoms with van der Waals surface area (Å²) in [4.78, 5) is 30.4. The molecule has 7 N–H and O–H groups in total. The summed E-state index contributed by atoms with van der Waals surface area (Å²) in [6.07, 6.45) is -2.26. The molecule has 1 saturated heterocycles. The minimum Gasteiger partial charge on any atom is -0.387 e. The quantitative estimate of drug-likeness (QED) is 0.371. The third kappa shape index (κ3) is 3.59. The molecule has 0 spiro atoms. The van der Waals surface area contributed by atoms with Crippen LogP contribution in [-0.4, -0.2) is 66.4 Å². The fraction of sp³-hybridized carbons (Fsp3) is 0.545. The molecule has 1 fully saturated rings. The number of anilines is 2. The third-order valence-corrected chi connectivity index (χ3v) is 4.53. The minimum absolute atomic E-state index is 0.0413. The third-order valence-electron chi connectivity index (χ3n) is 3.73. The van der Waals surface area contributed by atoms with Crippen molar-refractivity contribution in [2.75, 3.05) is 25.2 Å². The second-order valence-electron chi connectivity index (χ2n) is 5.33. The van der Waals surface area contributed by atoms with Gasteiger partial charge in [0.2, 0.25) is 5.95 Å². The number of hydrogen-bond donors (Lipinski definition) is 5. The van der Waals surface area contributed by atoms with Gasteiger partial charge in [-0.3, -0.25) is 4.57 Å². The van der Waals surface area contributed by atoms with Crippen molar-refractivity contribution in [3.8, 4) is 0 Å². The van der Waals surface area contributed by atoms with E-state index in [1.54, 1.807) is 0 Å². The first-order chi connectivity index (χ1) is 11.7. The first-order valence-electron chi connectivity index (χ1n) is 7.03. The van der Waals surface area contributed by atoms with Gasteiger partial charge >= 0.3 is 6.72 Å². The van der Waals surface area contributed by atoms with Crippen molar-refractivity contribution in [2.45, 2.75) is 24.5 Å². The lowest BCUT2D eigenvalue weighted by Crippen LogP contribution is -2.35. The number of hydrogen-bond acceptors (Lipinski definition) is 10. The molecular weight excluding hydrogens is 375 g/mol. The highest BCUT2D eigenvalue weighted by atomic mass is 32.5. The van der Waals surface area contributed by atoms with E-state index in [9.17, 15) is 14.9 Å². The summed E-state index contributed by atoms with van der Waals surface area (Å²) in [5.74, 6) is 0.0651. The summed E-state index contributed by atoms with van der Waals surface area (Å²) < 4.78 is 17.3. The highest BCUT2D eigenvalue weighted by molar-refractivity contribution is 8.06. The summed E-state index contributed by atoms with van der Waals surface area (Å²) >= 11 is 4.39. The molecule has 2 aromatic heterocycles. The number of nitrogens with zero attached hydrogens (tertiary/aromatic N) is 4. The monoisotopic (exact) mass is 392 g/mol. The Labute approximate surface area is 146 Å². The van der Waals surface area contributed by atoms with Crippen molar-refractivity contribution < 1.29 is 28.9 Å². The van der Waals surface area contributed by atoms with E-state index in [-0.39, 0.29) is 18.4 Å². The van der Waals surface area contributed by atoms with Gasteiger partial charge in [0.05, 0.1) is 12.9 Å². The maximum atomic E-state index is 10.4. The maximum Gasteiger partial charge on any atom is 0.321 e. The van der Waals surface area contributed by atoms with Crippen LogP contribution in [0.25, 0.3) is 11.2 Å². The predicted octanol–water partition coefficient (Wildman–Crippen LogP) is -1.51. The second-order valence-corrected chi connectivity index (χ2v) is 8.00. The Bertz CT molecular complexity index is 829. The Morgan fingerprint density at radius 1 is 1.40 bits per heavy atom. The fourth-order valence-electron chi connectivity index (χ4n) is 2.65. The number of fused-ring (bicyclic) bond motifs is 1. The molecule has 0 aliphatic carbocycles. The van der Waals surface area contributed by atoms with E-state index >= 15 is 0 Å². The highest BCUT2D eigenvalue weighted by Gasteiger charge is 2.46. The molecule has 0 unspecified atom stereocenters. The zero-order valence-corrected chi connectivity index (χ0v) is 14.7. The van der Waals surface area contributed by atoms with Crippen molar-refractivity contribution in [3.63, 3.8) is 0 Å². The molecule has 3 rings (SSSR count). The summed E-state index contributed by atoms with van der Waals surface area (Å²) in [7, 11) is 1.40. The Morgan fingerprint density at radius 3 is 2.76 bits per heavy atom. The molecule has 3 heterocycles. The average molecular weight is 392 g/mol. The number of rotatable bonds is 5. The van der Waals surface area contributed by atoms with E-state index in [2.05, 4.69) is 26.8 Å². The Hall–Kier alpha value is -1.44. The predicted molar refractivity (Wildman–Crippen MR) is 89.5 cm³/mol. The van der Waals surface area contributed by atoms with Gasteiger partial charge in [-0.1, -0.05) is 0 Å². The number of imidazole rings is 1. The first kappa shape index (κ1) is 18.4. The molecular formula is C11H17N6O6PS. The van der Waals surface area contributed by atoms with Gasteiger partial charge in [-0.15, -0.1) is 0 Å². The SMILES string of the molecule is CO[C@@H]1[C@H](O)[C@@H](COP(O)(O)=S)O[C@H]1n1cnc2c(N)nc(N)nc21. The van der Waals surface area contributed by atoms with Crippen LogP contribution < -0.4 is 11.5 Å². The maximum absolute atomic E-state index is 10.4. The lowest BCUT2D eigenvalue weighted by atomic mass is 10.1. The molecule has 1 aliphatic rings. The van der Waals surface area contributed by atoms with Gasteiger partial charge in [0.15, 0.2) is 17.7 Å². The van der Waals surface area contributed by atoms with E-state index in [0.717, 1.165) is 0 Å². The van der Waals surface area contributed by atoms with E-state index < -0.39 is 31.3 Å². The van der Waals surface area contributed by atoms with Crippen LogP contribution in [0.15, 0.2) is 6.33 Å². The van der Waals surface area contributed by atoms with Crippen LogP contribution in [0.3, 0.4) is 0 Å². The van der Waals surface area contributed by atoms with Crippen molar-refractivity contribution >= 4 is 41.5 Å². The number of methoxy groups -OCH3 is 1. The molecule has 138 valence electrons. The smallest absolute Gasteiger partial charge is 0.321 e. The molecule has 12 nitrogen and oxygen atoms in total. The van der Waals surface area contributed by atoms with Crippen LogP contribution >= 0.6 is 6.72 Å². The summed E-state index contributed by atoms with van der Waals surface area (Å²) in [5, 5.41) is 10.4. The number of nitrogens with two attached hydrogens (primary N) is 2. The number of ether oxygens (including phenoxy) is 2. The van der Waals surface area contributed by atoms with Gasteiger partial charge in [0.25, 0.3) is 0 Å². The standard InChI is InChI=1S/C11H17N6O6PS/c1-21-7-6(18)4(2-22-24(19,20)25)23-10(7)17-3-14-5-8(12)15-11(13)16-9(5)17/h3-4,6-7,10,18H,2H2,1H3,(H2,19,20,25)(H4,12,13,15,16)/t4-,6-,7-,10-/m1/s1. The lowest BCUT2D eigenvalue weighted by molar-refractivity contribution is -0.0567.